The normalized spacial score (nSPS) is 20.1. The lowest BCUT2D eigenvalue weighted by atomic mass is 9.96. The van der Waals surface area contributed by atoms with Crippen molar-refractivity contribution in [3.05, 3.63) is 46.9 Å². The third-order valence-corrected chi connectivity index (χ3v) is 4.14. The molecule has 1 atom stereocenters. The highest BCUT2D eigenvalue weighted by atomic mass is 19.1. The molecule has 6 nitrogen and oxygen atoms in total. The summed E-state index contributed by atoms with van der Waals surface area (Å²) in [6, 6.07) is 4.90. The Morgan fingerprint density at radius 3 is 2.75 bits per heavy atom. The van der Waals surface area contributed by atoms with Crippen molar-refractivity contribution in [2.45, 2.75) is 19.4 Å². The van der Waals surface area contributed by atoms with Gasteiger partial charge in [0.2, 0.25) is 0 Å². The van der Waals surface area contributed by atoms with Crippen molar-refractivity contribution in [1.29, 1.82) is 0 Å². The zero-order valence-corrected chi connectivity index (χ0v) is 13.5. The fraction of sp³-hybridized carbons (Fsp3) is 0.412. The zero-order valence-electron chi connectivity index (χ0n) is 13.5. The van der Waals surface area contributed by atoms with Crippen molar-refractivity contribution < 1.29 is 18.7 Å². The molecule has 2 heterocycles. The van der Waals surface area contributed by atoms with Gasteiger partial charge in [-0.25, -0.2) is 9.18 Å². The molecule has 1 aromatic rings. The van der Waals surface area contributed by atoms with Gasteiger partial charge in [0.1, 0.15) is 5.82 Å². The van der Waals surface area contributed by atoms with Gasteiger partial charge in [-0.15, -0.1) is 0 Å². The maximum Gasteiger partial charge on any atom is 0.319 e. The number of ether oxygens (including phenoxy) is 1. The van der Waals surface area contributed by atoms with Gasteiger partial charge in [-0.05, 0) is 31.0 Å². The number of carbonyl (C=O) groups is 2. The standard InChI is InChI=1S/C17H20FN3O3/c1-2-24-9-3-8-21-10-13-14(16(21)22)15(20-17(23)19-13)11-4-6-12(18)7-5-11/h4-7,15H,2-3,8-10H2,1H3,(H2,19,20,23). The monoisotopic (exact) mass is 333 g/mol. The molecule has 24 heavy (non-hydrogen) atoms. The number of nitrogens with one attached hydrogen (secondary N) is 2. The largest absolute Gasteiger partial charge is 0.382 e. The molecule has 2 aliphatic rings. The molecular formula is C17H20FN3O3. The second kappa shape index (κ2) is 7.00. The van der Waals surface area contributed by atoms with Crippen LogP contribution in [0.5, 0.6) is 0 Å². The van der Waals surface area contributed by atoms with Gasteiger partial charge in [-0.2, -0.15) is 0 Å². The second-order valence-electron chi connectivity index (χ2n) is 5.75. The minimum Gasteiger partial charge on any atom is -0.382 e. The van der Waals surface area contributed by atoms with E-state index in [1.54, 1.807) is 17.0 Å². The van der Waals surface area contributed by atoms with Gasteiger partial charge in [0.25, 0.3) is 5.91 Å². The Morgan fingerprint density at radius 1 is 1.29 bits per heavy atom. The van der Waals surface area contributed by atoms with Crippen LogP contribution in [0.4, 0.5) is 9.18 Å². The Hall–Kier alpha value is -2.41. The molecule has 0 fully saturated rings. The predicted octanol–water partition coefficient (Wildman–Crippen LogP) is 1.70. The van der Waals surface area contributed by atoms with Crippen molar-refractivity contribution in [3.63, 3.8) is 0 Å². The summed E-state index contributed by atoms with van der Waals surface area (Å²) in [4.78, 5) is 26.3. The quantitative estimate of drug-likeness (QED) is 0.779. The van der Waals surface area contributed by atoms with E-state index in [0.717, 1.165) is 6.42 Å². The molecule has 0 aromatic heterocycles. The molecule has 2 aliphatic heterocycles. The van der Waals surface area contributed by atoms with E-state index in [0.29, 0.717) is 43.1 Å². The first-order valence-electron chi connectivity index (χ1n) is 8.03. The van der Waals surface area contributed by atoms with Crippen LogP contribution >= 0.6 is 0 Å². The number of carbonyl (C=O) groups excluding carboxylic acids is 2. The summed E-state index contributed by atoms with van der Waals surface area (Å²) in [6.45, 7) is 4.12. The number of hydrogen-bond donors (Lipinski definition) is 2. The smallest absolute Gasteiger partial charge is 0.319 e. The molecular weight excluding hydrogens is 313 g/mol. The lowest BCUT2D eigenvalue weighted by Crippen LogP contribution is -2.44. The molecule has 0 aliphatic carbocycles. The summed E-state index contributed by atoms with van der Waals surface area (Å²) in [5.41, 5.74) is 1.83. The van der Waals surface area contributed by atoms with Gasteiger partial charge in [-0.3, -0.25) is 4.79 Å². The van der Waals surface area contributed by atoms with Crippen LogP contribution in [0.1, 0.15) is 24.9 Å². The highest BCUT2D eigenvalue weighted by Gasteiger charge is 2.40. The van der Waals surface area contributed by atoms with E-state index in [1.165, 1.54) is 12.1 Å². The summed E-state index contributed by atoms with van der Waals surface area (Å²) in [7, 11) is 0. The summed E-state index contributed by atoms with van der Waals surface area (Å²) in [5.74, 6) is -0.466. The minimum absolute atomic E-state index is 0.108. The van der Waals surface area contributed by atoms with Crippen LogP contribution in [0, 0.1) is 5.82 Å². The summed E-state index contributed by atoms with van der Waals surface area (Å²) >= 11 is 0. The van der Waals surface area contributed by atoms with Gasteiger partial charge in [0.15, 0.2) is 0 Å². The number of rotatable bonds is 6. The fourth-order valence-electron chi connectivity index (χ4n) is 3.02. The fourth-order valence-corrected chi connectivity index (χ4v) is 3.02. The average Bonchev–Trinajstić information content (AvgIpc) is 2.87. The van der Waals surface area contributed by atoms with E-state index in [1.807, 2.05) is 6.92 Å². The van der Waals surface area contributed by atoms with Crippen LogP contribution in [0.3, 0.4) is 0 Å². The Bertz CT molecular complexity index is 672. The molecule has 1 unspecified atom stereocenters. The number of urea groups is 1. The van der Waals surface area contributed by atoms with Gasteiger partial charge < -0.3 is 20.3 Å². The Morgan fingerprint density at radius 2 is 2.04 bits per heavy atom. The number of amides is 3. The van der Waals surface area contributed by atoms with Gasteiger partial charge >= 0.3 is 6.03 Å². The highest BCUT2D eigenvalue weighted by Crippen LogP contribution is 2.32. The van der Waals surface area contributed by atoms with Crippen LogP contribution in [0.15, 0.2) is 35.5 Å². The Balaban J connectivity index is 1.77. The van der Waals surface area contributed by atoms with Crippen LogP contribution in [0.2, 0.25) is 0 Å². The number of hydrogen-bond acceptors (Lipinski definition) is 3. The lowest BCUT2D eigenvalue weighted by molar-refractivity contribution is -0.126. The van der Waals surface area contributed by atoms with E-state index < -0.39 is 6.04 Å². The molecule has 128 valence electrons. The van der Waals surface area contributed by atoms with Crippen LogP contribution in [0.25, 0.3) is 0 Å². The van der Waals surface area contributed by atoms with Crippen LogP contribution in [-0.4, -0.2) is 43.1 Å². The molecule has 0 saturated heterocycles. The minimum atomic E-state index is -0.557. The number of halogens is 1. The molecule has 2 N–H and O–H groups in total. The molecule has 0 bridgehead atoms. The molecule has 0 spiro atoms. The zero-order chi connectivity index (χ0) is 17.1. The first-order valence-corrected chi connectivity index (χ1v) is 8.03. The SMILES string of the molecule is CCOCCCN1CC2=C(C1=O)C(c1ccc(F)cc1)NC(=O)N2. The van der Waals surface area contributed by atoms with Crippen LogP contribution in [-0.2, 0) is 9.53 Å². The topological polar surface area (TPSA) is 70.7 Å². The number of nitrogens with zero attached hydrogens (tertiary/aromatic N) is 1. The Kier molecular flexibility index (Phi) is 4.80. The van der Waals surface area contributed by atoms with E-state index in [4.69, 9.17) is 4.74 Å². The van der Waals surface area contributed by atoms with Gasteiger partial charge in [0, 0.05) is 19.8 Å². The molecule has 0 saturated carbocycles. The molecule has 0 radical (unpaired) electrons. The second-order valence-corrected chi connectivity index (χ2v) is 5.75. The number of benzene rings is 1. The maximum atomic E-state index is 13.1. The first kappa shape index (κ1) is 16.4. The van der Waals surface area contributed by atoms with Gasteiger partial charge in [0.05, 0.1) is 23.9 Å². The highest BCUT2D eigenvalue weighted by molar-refractivity contribution is 6.01. The van der Waals surface area contributed by atoms with Crippen molar-refractivity contribution in [2.24, 2.45) is 0 Å². The Labute approximate surface area is 139 Å². The first-order chi connectivity index (χ1) is 11.6. The van der Waals surface area contributed by atoms with E-state index >= 15 is 0 Å². The van der Waals surface area contributed by atoms with Crippen molar-refractivity contribution in [2.75, 3.05) is 26.3 Å². The van der Waals surface area contributed by atoms with Crippen LogP contribution < -0.4 is 10.6 Å². The van der Waals surface area contributed by atoms with Crippen molar-refractivity contribution in [1.82, 2.24) is 15.5 Å². The molecule has 1 aromatic carbocycles. The molecule has 3 rings (SSSR count). The predicted molar refractivity (Wildman–Crippen MR) is 85.5 cm³/mol. The third-order valence-electron chi connectivity index (χ3n) is 4.14. The lowest BCUT2D eigenvalue weighted by Gasteiger charge is -2.25. The summed E-state index contributed by atoms with van der Waals surface area (Å²) < 4.78 is 18.4. The van der Waals surface area contributed by atoms with Crippen molar-refractivity contribution >= 4 is 11.9 Å². The third kappa shape index (κ3) is 3.26. The maximum absolute atomic E-state index is 13.1. The summed E-state index contributed by atoms with van der Waals surface area (Å²) in [6.07, 6.45) is 0.739. The van der Waals surface area contributed by atoms with Crippen molar-refractivity contribution in [3.8, 4) is 0 Å². The van der Waals surface area contributed by atoms with E-state index in [-0.39, 0.29) is 17.8 Å². The molecule has 7 heteroatoms. The van der Waals surface area contributed by atoms with Gasteiger partial charge in [-0.1, -0.05) is 12.1 Å². The van der Waals surface area contributed by atoms with E-state index in [9.17, 15) is 14.0 Å². The average molecular weight is 333 g/mol. The molecule has 3 amide bonds. The summed E-state index contributed by atoms with van der Waals surface area (Å²) in [5, 5.41) is 5.46. The van der Waals surface area contributed by atoms with E-state index in [2.05, 4.69) is 10.6 Å².